The van der Waals surface area contributed by atoms with Gasteiger partial charge in [0, 0.05) is 5.41 Å². The number of fused-ring (bicyclic) bond motifs is 1. The molecule has 0 saturated carbocycles. The van der Waals surface area contributed by atoms with Crippen LogP contribution in [-0.4, -0.2) is 42.9 Å². The molecule has 1 aliphatic rings. The summed E-state index contributed by atoms with van der Waals surface area (Å²) in [5, 5.41) is 18.8. The van der Waals surface area contributed by atoms with E-state index in [1.807, 2.05) is 16.7 Å². The zero-order valence-electron chi connectivity index (χ0n) is 10.3. The van der Waals surface area contributed by atoms with Gasteiger partial charge in [0.25, 0.3) is 0 Å². The number of hydrogen-bond acceptors (Lipinski definition) is 6. The predicted molar refractivity (Wildman–Crippen MR) is 69.1 cm³/mol. The maximum Gasteiger partial charge on any atom is 0.165 e. The second kappa shape index (κ2) is 4.29. The van der Waals surface area contributed by atoms with Crippen molar-refractivity contribution in [1.82, 2.24) is 19.5 Å². The third-order valence-corrected chi connectivity index (χ3v) is 3.66. The van der Waals surface area contributed by atoms with Crippen LogP contribution in [0.2, 0.25) is 0 Å². The van der Waals surface area contributed by atoms with Crippen molar-refractivity contribution in [1.29, 1.82) is 0 Å². The first-order valence-corrected chi connectivity index (χ1v) is 6.03. The van der Waals surface area contributed by atoms with Gasteiger partial charge in [0.2, 0.25) is 0 Å². The van der Waals surface area contributed by atoms with Gasteiger partial charge in [-0.15, -0.1) is 0 Å². The molecule has 0 amide bonds. The lowest BCUT2D eigenvalue weighted by Crippen LogP contribution is -2.26. The van der Waals surface area contributed by atoms with Gasteiger partial charge in [-0.1, -0.05) is 12.2 Å². The number of aromatic nitrogens is 4. The number of hydrogen-bond donors (Lipinski definition) is 3. The minimum Gasteiger partial charge on any atom is -0.395 e. The highest BCUT2D eigenvalue weighted by molar-refractivity contribution is 5.81. The molecular weight excluding hydrogens is 246 g/mol. The van der Waals surface area contributed by atoms with Gasteiger partial charge in [-0.05, 0) is 6.42 Å². The van der Waals surface area contributed by atoms with Gasteiger partial charge in [0.15, 0.2) is 11.5 Å². The van der Waals surface area contributed by atoms with E-state index in [1.165, 1.54) is 6.33 Å². The normalized spacial score (nSPS) is 21.3. The number of nitrogens with zero attached hydrogens (tertiary/aromatic N) is 4. The first kappa shape index (κ1) is 12.1. The zero-order valence-corrected chi connectivity index (χ0v) is 10.3. The van der Waals surface area contributed by atoms with Crippen molar-refractivity contribution in [3.05, 3.63) is 24.8 Å². The van der Waals surface area contributed by atoms with Gasteiger partial charge in [-0.2, -0.15) is 0 Å². The van der Waals surface area contributed by atoms with E-state index in [0.717, 1.165) is 0 Å². The molecule has 1 aliphatic carbocycles. The summed E-state index contributed by atoms with van der Waals surface area (Å²) in [6.45, 7) is -0.166. The lowest BCUT2D eigenvalue weighted by atomic mass is 9.89. The molecule has 2 aromatic heterocycles. The Bertz CT molecular complexity index is 632. The molecule has 1 unspecified atom stereocenters. The molecule has 0 aliphatic heterocycles. The standard InChI is InChI=1S/C12H15N5O2/c13-10-9-11(15-6-14-10)17(7-16-9)8-1-2-12(3-8,4-18)5-19/h1-2,6-8,18-19H,3-5H2,(H2,13,14,15). The molecule has 0 bridgehead atoms. The molecule has 2 heterocycles. The summed E-state index contributed by atoms with van der Waals surface area (Å²) in [5.74, 6) is 0.348. The average molecular weight is 261 g/mol. The smallest absolute Gasteiger partial charge is 0.165 e. The van der Waals surface area contributed by atoms with Gasteiger partial charge >= 0.3 is 0 Å². The monoisotopic (exact) mass is 261 g/mol. The molecule has 0 saturated heterocycles. The third-order valence-electron chi connectivity index (χ3n) is 3.66. The third kappa shape index (κ3) is 1.78. The summed E-state index contributed by atoms with van der Waals surface area (Å²) in [4.78, 5) is 12.3. The van der Waals surface area contributed by atoms with Crippen LogP contribution >= 0.6 is 0 Å². The molecule has 0 fully saturated rings. The number of aliphatic hydroxyl groups is 2. The van der Waals surface area contributed by atoms with Crippen molar-refractivity contribution in [3.8, 4) is 0 Å². The minimum atomic E-state index is -0.570. The Balaban J connectivity index is 1.99. The van der Waals surface area contributed by atoms with Crippen molar-refractivity contribution in [3.63, 3.8) is 0 Å². The van der Waals surface area contributed by atoms with Gasteiger partial charge in [0.05, 0.1) is 25.6 Å². The summed E-state index contributed by atoms with van der Waals surface area (Å²) in [5.41, 5.74) is 6.41. The summed E-state index contributed by atoms with van der Waals surface area (Å²) in [6, 6.07) is -0.00130. The Morgan fingerprint density at radius 3 is 2.79 bits per heavy atom. The number of nitrogens with two attached hydrogens (primary N) is 1. The highest BCUT2D eigenvalue weighted by atomic mass is 16.3. The molecule has 4 N–H and O–H groups in total. The number of anilines is 1. The first-order chi connectivity index (χ1) is 9.19. The molecule has 3 rings (SSSR count). The summed E-state index contributed by atoms with van der Waals surface area (Å²) < 4.78 is 1.89. The molecule has 2 aromatic rings. The number of nitrogen functional groups attached to an aromatic ring is 1. The maximum atomic E-state index is 9.41. The Labute approximate surface area is 109 Å². The van der Waals surface area contributed by atoms with E-state index in [-0.39, 0.29) is 19.3 Å². The van der Waals surface area contributed by atoms with Crippen molar-refractivity contribution in [2.75, 3.05) is 18.9 Å². The van der Waals surface area contributed by atoms with Crippen LogP contribution in [0.4, 0.5) is 5.82 Å². The van der Waals surface area contributed by atoms with Gasteiger partial charge in [0.1, 0.15) is 11.8 Å². The van der Waals surface area contributed by atoms with E-state index in [1.54, 1.807) is 6.33 Å². The summed E-state index contributed by atoms with van der Waals surface area (Å²) >= 11 is 0. The highest BCUT2D eigenvalue weighted by Gasteiger charge is 2.35. The SMILES string of the molecule is Nc1ncnc2c1ncn2C1C=CC(CO)(CO)C1. The molecule has 0 aromatic carbocycles. The summed E-state index contributed by atoms with van der Waals surface area (Å²) in [6.07, 6.45) is 7.48. The van der Waals surface area contributed by atoms with E-state index in [4.69, 9.17) is 5.73 Å². The van der Waals surface area contributed by atoms with Crippen molar-refractivity contribution < 1.29 is 10.2 Å². The molecule has 0 spiro atoms. The topological polar surface area (TPSA) is 110 Å². The number of rotatable bonds is 3. The van der Waals surface area contributed by atoms with Crippen LogP contribution in [0.15, 0.2) is 24.8 Å². The van der Waals surface area contributed by atoms with Crippen LogP contribution in [0.1, 0.15) is 12.5 Å². The molecule has 7 nitrogen and oxygen atoms in total. The van der Waals surface area contributed by atoms with E-state index in [0.29, 0.717) is 23.4 Å². The maximum absolute atomic E-state index is 9.41. The van der Waals surface area contributed by atoms with E-state index >= 15 is 0 Å². The second-order valence-corrected chi connectivity index (χ2v) is 4.89. The van der Waals surface area contributed by atoms with Gasteiger partial charge < -0.3 is 20.5 Å². The Kier molecular flexibility index (Phi) is 2.72. The fourth-order valence-corrected chi connectivity index (χ4v) is 2.46. The van der Waals surface area contributed by atoms with E-state index in [2.05, 4.69) is 15.0 Å². The lowest BCUT2D eigenvalue weighted by molar-refractivity contribution is 0.0870. The average Bonchev–Trinajstić information content (AvgIpc) is 3.03. The minimum absolute atomic E-state index is 0.00130. The second-order valence-electron chi connectivity index (χ2n) is 4.89. The molecule has 19 heavy (non-hydrogen) atoms. The Morgan fingerprint density at radius 2 is 2.11 bits per heavy atom. The van der Waals surface area contributed by atoms with Crippen LogP contribution in [0.3, 0.4) is 0 Å². The van der Waals surface area contributed by atoms with Crippen LogP contribution < -0.4 is 5.73 Å². The van der Waals surface area contributed by atoms with Crippen molar-refractivity contribution >= 4 is 17.0 Å². The van der Waals surface area contributed by atoms with Crippen molar-refractivity contribution in [2.45, 2.75) is 12.5 Å². The van der Waals surface area contributed by atoms with Gasteiger partial charge in [-0.3, -0.25) is 0 Å². The lowest BCUT2D eigenvalue weighted by Gasteiger charge is -2.23. The zero-order chi connectivity index (χ0) is 13.5. The fraction of sp³-hybridized carbons (Fsp3) is 0.417. The van der Waals surface area contributed by atoms with Crippen molar-refractivity contribution in [2.24, 2.45) is 5.41 Å². The molecule has 1 atom stereocenters. The number of aliphatic hydroxyl groups excluding tert-OH is 2. The predicted octanol–water partition coefficient (Wildman–Crippen LogP) is -0.120. The fourth-order valence-electron chi connectivity index (χ4n) is 2.46. The molecule has 100 valence electrons. The molecule has 0 radical (unpaired) electrons. The quantitative estimate of drug-likeness (QED) is 0.664. The van der Waals surface area contributed by atoms with Crippen LogP contribution in [-0.2, 0) is 0 Å². The van der Waals surface area contributed by atoms with E-state index < -0.39 is 5.41 Å². The summed E-state index contributed by atoms with van der Waals surface area (Å²) in [7, 11) is 0. The molecule has 7 heteroatoms. The first-order valence-electron chi connectivity index (χ1n) is 6.03. The van der Waals surface area contributed by atoms with Crippen LogP contribution in [0.25, 0.3) is 11.2 Å². The van der Waals surface area contributed by atoms with Gasteiger partial charge in [-0.25, -0.2) is 15.0 Å². The van der Waals surface area contributed by atoms with E-state index in [9.17, 15) is 10.2 Å². The number of allylic oxidation sites excluding steroid dienone is 1. The highest BCUT2D eigenvalue weighted by Crippen LogP contribution is 2.38. The Morgan fingerprint density at radius 1 is 1.32 bits per heavy atom. The molecular formula is C12H15N5O2. The van der Waals surface area contributed by atoms with Crippen LogP contribution in [0.5, 0.6) is 0 Å². The number of imidazole rings is 1. The largest absolute Gasteiger partial charge is 0.395 e. The van der Waals surface area contributed by atoms with Crippen LogP contribution in [0, 0.1) is 5.41 Å². The Hall–Kier alpha value is -1.99.